The Hall–Kier alpha value is -3.11. The summed E-state index contributed by atoms with van der Waals surface area (Å²) in [6.07, 6.45) is 3.59. The molecule has 1 aromatic carbocycles. The van der Waals surface area contributed by atoms with Crippen LogP contribution in [0.5, 0.6) is 0 Å². The minimum Gasteiger partial charge on any atom is -0.468 e. The van der Waals surface area contributed by atoms with E-state index in [1.54, 1.807) is 30.5 Å². The molecule has 140 valence electrons. The molecule has 0 radical (unpaired) electrons. The molecule has 2 aromatic rings. The first-order chi connectivity index (χ1) is 13.2. The highest BCUT2D eigenvalue weighted by Gasteiger charge is 2.22. The first-order valence-corrected chi connectivity index (χ1v) is 8.98. The van der Waals surface area contributed by atoms with Crippen molar-refractivity contribution in [3.05, 3.63) is 54.0 Å². The third-order valence-corrected chi connectivity index (χ3v) is 4.72. The van der Waals surface area contributed by atoms with Gasteiger partial charge in [-0.1, -0.05) is 12.1 Å². The normalized spacial score (nSPS) is 15.1. The van der Waals surface area contributed by atoms with Crippen LogP contribution in [0.1, 0.15) is 24.2 Å². The molecule has 2 amide bonds. The standard InChI is InChI=1S/C20H22N4O3/c21-12-16-4-1-2-6-18(16)23-20(26)19(25)22-13-15-7-9-24(10-8-15)14-17-5-3-11-27-17/h1-6,11,15H,7-10,13-14H2,(H,22,25)(H,23,26). The molecule has 0 atom stereocenters. The first-order valence-electron chi connectivity index (χ1n) is 8.98. The molecule has 1 saturated heterocycles. The molecule has 1 aliphatic heterocycles. The number of carbonyl (C=O) groups excluding carboxylic acids is 2. The van der Waals surface area contributed by atoms with E-state index in [4.69, 9.17) is 9.68 Å². The van der Waals surface area contributed by atoms with Crippen LogP contribution in [0.25, 0.3) is 0 Å². The average Bonchev–Trinajstić information content (AvgIpc) is 3.20. The van der Waals surface area contributed by atoms with Crippen molar-refractivity contribution in [3.8, 4) is 6.07 Å². The summed E-state index contributed by atoms with van der Waals surface area (Å²) in [5.74, 6) is -0.134. The maximum Gasteiger partial charge on any atom is 0.313 e. The molecule has 0 saturated carbocycles. The lowest BCUT2D eigenvalue weighted by Gasteiger charge is -2.31. The Morgan fingerprint density at radius 2 is 1.93 bits per heavy atom. The van der Waals surface area contributed by atoms with Crippen LogP contribution < -0.4 is 10.6 Å². The SMILES string of the molecule is N#Cc1ccccc1NC(=O)C(=O)NCC1CCN(Cc2ccco2)CC1. The zero-order valence-corrected chi connectivity index (χ0v) is 15.0. The van der Waals surface area contributed by atoms with Gasteiger partial charge in [0, 0.05) is 6.54 Å². The van der Waals surface area contributed by atoms with Crippen molar-refractivity contribution in [1.82, 2.24) is 10.2 Å². The fraction of sp³-hybridized carbons (Fsp3) is 0.350. The van der Waals surface area contributed by atoms with Gasteiger partial charge in [0.1, 0.15) is 11.8 Å². The van der Waals surface area contributed by atoms with Gasteiger partial charge in [-0.25, -0.2) is 0 Å². The summed E-state index contributed by atoms with van der Waals surface area (Å²) < 4.78 is 5.37. The fourth-order valence-electron chi connectivity index (χ4n) is 3.16. The van der Waals surface area contributed by atoms with E-state index >= 15 is 0 Å². The second kappa shape index (κ2) is 9.01. The molecule has 3 rings (SSSR count). The predicted molar refractivity (Wildman–Crippen MR) is 99.5 cm³/mol. The maximum absolute atomic E-state index is 12.0. The van der Waals surface area contributed by atoms with Crippen LogP contribution in [0.15, 0.2) is 47.1 Å². The number of benzene rings is 1. The number of rotatable bonds is 5. The minimum absolute atomic E-state index is 0.322. The zero-order chi connectivity index (χ0) is 19.1. The van der Waals surface area contributed by atoms with Crippen LogP contribution in [-0.2, 0) is 16.1 Å². The second-order valence-corrected chi connectivity index (χ2v) is 6.62. The van der Waals surface area contributed by atoms with Crippen LogP contribution in [-0.4, -0.2) is 36.3 Å². The zero-order valence-electron chi connectivity index (χ0n) is 15.0. The Morgan fingerprint density at radius 1 is 1.15 bits per heavy atom. The molecule has 27 heavy (non-hydrogen) atoms. The van der Waals surface area contributed by atoms with E-state index < -0.39 is 11.8 Å². The van der Waals surface area contributed by atoms with Gasteiger partial charge in [-0.2, -0.15) is 5.26 Å². The number of anilines is 1. The number of furan rings is 1. The number of likely N-dealkylation sites (tertiary alicyclic amines) is 1. The van der Waals surface area contributed by atoms with Crippen LogP contribution in [0.3, 0.4) is 0 Å². The molecule has 0 aliphatic carbocycles. The maximum atomic E-state index is 12.0. The first kappa shape index (κ1) is 18.7. The highest BCUT2D eigenvalue weighted by Crippen LogP contribution is 2.18. The van der Waals surface area contributed by atoms with Crippen LogP contribution in [0.2, 0.25) is 0 Å². The summed E-state index contributed by atoms with van der Waals surface area (Å²) in [5.41, 5.74) is 0.661. The van der Waals surface area contributed by atoms with Crippen molar-refractivity contribution >= 4 is 17.5 Å². The molecule has 2 N–H and O–H groups in total. The summed E-state index contributed by atoms with van der Waals surface area (Å²) >= 11 is 0. The van der Waals surface area contributed by atoms with E-state index in [1.165, 1.54) is 0 Å². The lowest BCUT2D eigenvalue weighted by molar-refractivity contribution is -0.136. The number of nitrogens with zero attached hydrogens (tertiary/aromatic N) is 2. The van der Waals surface area contributed by atoms with Gasteiger partial charge in [0.15, 0.2) is 0 Å². The number of para-hydroxylation sites is 1. The van der Waals surface area contributed by atoms with Gasteiger partial charge in [0.05, 0.1) is 24.1 Å². The number of piperidine rings is 1. The number of hydrogen-bond acceptors (Lipinski definition) is 5. The lowest BCUT2D eigenvalue weighted by Crippen LogP contribution is -2.41. The number of carbonyl (C=O) groups is 2. The van der Waals surface area contributed by atoms with Crippen LogP contribution in [0.4, 0.5) is 5.69 Å². The smallest absolute Gasteiger partial charge is 0.313 e. The molecule has 0 unspecified atom stereocenters. The third kappa shape index (κ3) is 5.19. The van der Waals surface area contributed by atoms with Gasteiger partial charge >= 0.3 is 11.8 Å². The van der Waals surface area contributed by atoms with Gasteiger partial charge in [0.25, 0.3) is 0 Å². The summed E-state index contributed by atoms with van der Waals surface area (Å²) in [6, 6.07) is 12.4. The molecule has 7 heteroatoms. The monoisotopic (exact) mass is 366 g/mol. The van der Waals surface area contributed by atoms with Crippen molar-refractivity contribution in [2.45, 2.75) is 19.4 Å². The molecule has 7 nitrogen and oxygen atoms in total. The number of nitriles is 1. The van der Waals surface area contributed by atoms with E-state index in [9.17, 15) is 9.59 Å². The molecule has 0 spiro atoms. The molecule has 1 fully saturated rings. The Balaban J connectivity index is 1.40. The molecule has 0 bridgehead atoms. The van der Waals surface area contributed by atoms with Crippen molar-refractivity contribution in [2.24, 2.45) is 5.92 Å². The van der Waals surface area contributed by atoms with Gasteiger partial charge in [-0.15, -0.1) is 0 Å². The molecule has 1 aromatic heterocycles. The van der Waals surface area contributed by atoms with Crippen LogP contribution in [0, 0.1) is 17.2 Å². The van der Waals surface area contributed by atoms with Gasteiger partial charge < -0.3 is 15.1 Å². The van der Waals surface area contributed by atoms with Gasteiger partial charge in [0.2, 0.25) is 0 Å². The Bertz CT molecular complexity index is 818. The molecular formula is C20H22N4O3. The second-order valence-electron chi connectivity index (χ2n) is 6.62. The molecule has 2 heterocycles. The summed E-state index contributed by atoms with van der Waals surface area (Å²) in [4.78, 5) is 26.4. The summed E-state index contributed by atoms with van der Waals surface area (Å²) in [6.45, 7) is 3.14. The van der Waals surface area contributed by atoms with Crippen molar-refractivity contribution in [3.63, 3.8) is 0 Å². The van der Waals surface area contributed by atoms with E-state index in [-0.39, 0.29) is 0 Å². The van der Waals surface area contributed by atoms with Crippen molar-refractivity contribution in [2.75, 3.05) is 25.0 Å². The molecule has 1 aliphatic rings. The van der Waals surface area contributed by atoms with E-state index in [0.717, 1.165) is 38.2 Å². The number of nitrogens with one attached hydrogen (secondary N) is 2. The minimum atomic E-state index is -0.757. The Kier molecular flexibility index (Phi) is 6.23. The number of hydrogen-bond donors (Lipinski definition) is 2. The largest absolute Gasteiger partial charge is 0.468 e. The van der Waals surface area contributed by atoms with E-state index in [1.807, 2.05) is 18.2 Å². The van der Waals surface area contributed by atoms with Crippen molar-refractivity contribution in [1.29, 1.82) is 5.26 Å². The van der Waals surface area contributed by atoms with E-state index in [2.05, 4.69) is 15.5 Å². The highest BCUT2D eigenvalue weighted by atomic mass is 16.3. The Morgan fingerprint density at radius 3 is 2.63 bits per heavy atom. The summed E-state index contributed by atoms with van der Waals surface area (Å²) in [5, 5.41) is 14.2. The number of amides is 2. The van der Waals surface area contributed by atoms with Crippen LogP contribution >= 0.6 is 0 Å². The Labute approximate surface area is 158 Å². The predicted octanol–water partition coefficient (Wildman–Crippen LogP) is 2.12. The quantitative estimate of drug-likeness (QED) is 0.790. The molecular weight excluding hydrogens is 344 g/mol. The van der Waals surface area contributed by atoms with Gasteiger partial charge in [-0.05, 0) is 56.1 Å². The summed E-state index contributed by atoms with van der Waals surface area (Å²) in [7, 11) is 0. The van der Waals surface area contributed by atoms with Crippen molar-refractivity contribution < 1.29 is 14.0 Å². The lowest BCUT2D eigenvalue weighted by atomic mass is 9.96. The van der Waals surface area contributed by atoms with E-state index in [0.29, 0.717) is 23.7 Å². The fourth-order valence-corrected chi connectivity index (χ4v) is 3.16. The highest BCUT2D eigenvalue weighted by molar-refractivity contribution is 6.39. The van der Waals surface area contributed by atoms with Gasteiger partial charge in [-0.3, -0.25) is 14.5 Å². The third-order valence-electron chi connectivity index (χ3n) is 4.72. The average molecular weight is 366 g/mol. The topological polar surface area (TPSA) is 98.4 Å².